The first kappa shape index (κ1) is 22.6. The number of carbonyl (C=O) groups is 1. The number of hydrogen-bond acceptors (Lipinski definition) is 6. The fourth-order valence-corrected chi connectivity index (χ4v) is 5.02. The van der Waals surface area contributed by atoms with E-state index in [4.69, 9.17) is 4.42 Å². The molecule has 4 heterocycles. The fourth-order valence-electron chi connectivity index (χ4n) is 5.02. The van der Waals surface area contributed by atoms with Crippen LogP contribution in [0.4, 0.5) is 23.8 Å². The Labute approximate surface area is 193 Å². The topological polar surface area (TPSA) is 96.2 Å². The number of piperidine rings is 1. The molecule has 2 fully saturated rings. The molecular formula is C23H25F3N6O2. The number of alkyl halides is 3. The van der Waals surface area contributed by atoms with Crippen LogP contribution >= 0.6 is 0 Å². The minimum Gasteiger partial charge on any atom is -0.441 e. The van der Waals surface area contributed by atoms with Gasteiger partial charge in [-0.2, -0.15) is 13.2 Å². The van der Waals surface area contributed by atoms with Gasteiger partial charge in [0.2, 0.25) is 0 Å². The molecule has 2 aliphatic rings. The number of aryl methyl sites for hydroxylation is 1. The predicted octanol–water partition coefficient (Wildman–Crippen LogP) is 4.66. The average molecular weight is 474 g/mol. The van der Waals surface area contributed by atoms with E-state index in [1.54, 1.807) is 19.2 Å². The Hall–Kier alpha value is -3.21. The van der Waals surface area contributed by atoms with Crippen LogP contribution < -0.4 is 10.6 Å². The van der Waals surface area contributed by atoms with Gasteiger partial charge < -0.3 is 14.6 Å². The summed E-state index contributed by atoms with van der Waals surface area (Å²) < 4.78 is 42.9. The van der Waals surface area contributed by atoms with Crippen LogP contribution in [0.5, 0.6) is 0 Å². The molecule has 34 heavy (non-hydrogen) atoms. The normalized spacial score (nSPS) is 22.4. The second-order valence-corrected chi connectivity index (χ2v) is 8.96. The first-order valence-electron chi connectivity index (χ1n) is 11.3. The molecule has 2 aliphatic heterocycles. The highest BCUT2D eigenvalue weighted by Gasteiger charge is 2.43. The third-order valence-electron chi connectivity index (χ3n) is 6.54. The summed E-state index contributed by atoms with van der Waals surface area (Å²) in [6, 6.07) is 7.10. The van der Waals surface area contributed by atoms with Crippen molar-refractivity contribution in [1.29, 1.82) is 0 Å². The number of oxazole rings is 1. The van der Waals surface area contributed by atoms with E-state index >= 15 is 0 Å². The summed E-state index contributed by atoms with van der Waals surface area (Å²) in [5.41, 5.74) is 1.53. The fraction of sp³-hybridized carbons (Fsp3) is 0.478. The molecule has 2 aromatic heterocycles. The van der Waals surface area contributed by atoms with Crippen LogP contribution in [0.2, 0.25) is 0 Å². The zero-order valence-electron chi connectivity index (χ0n) is 18.6. The van der Waals surface area contributed by atoms with Crippen molar-refractivity contribution >= 4 is 22.8 Å². The Kier molecular flexibility index (Phi) is 5.88. The number of fused-ring (bicyclic) bond motifs is 3. The molecule has 1 aromatic carbocycles. The molecule has 0 spiro atoms. The Balaban J connectivity index is 1.25. The average Bonchev–Trinajstić information content (AvgIpc) is 3.33. The Bertz CT molecular complexity index is 1180. The minimum absolute atomic E-state index is 0.00292. The van der Waals surface area contributed by atoms with Crippen molar-refractivity contribution in [3.63, 3.8) is 0 Å². The Morgan fingerprint density at radius 2 is 1.94 bits per heavy atom. The SMILES string of the molecule is Cc1ncc(-c2ccc3nnc(NC(=O)N4[C@@H]5CC[C@H]4C[C@H](NCCC(F)(F)F)C5)cc3c2)o1. The minimum atomic E-state index is -4.16. The van der Waals surface area contributed by atoms with Crippen LogP contribution in [0.3, 0.4) is 0 Å². The number of nitrogens with zero attached hydrogens (tertiary/aromatic N) is 4. The van der Waals surface area contributed by atoms with Crippen LogP contribution in [-0.2, 0) is 0 Å². The van der Waals surface area contributed by atoms with Crippen LogP contribution in [0.1, 0.15) is 38.0 Å². The summed E-state index contributed by atoms with van der Waals surface area (Å²) in [6.45, 7) is 1.68. The molecule has 2 bridgehead atoms. The number of benzene rings is 1. The molecule has 2 saturated heterocycles. The number of nitrogens with one attached hydrogen (secondary N) is 2. The molecule has 0 radical (unpaired) electrons. The van der Waals surface area contributed by atoms with Gasteiger partial charge in [-0.1, -0.05) is 0 Å². The van der Waals surface area contributed by atoms with Crippen molar-refractivity contribution in [2.45, 2.75) is 63.3 Å². The van der Waals surface area contributed by atoms with Gasteiger partial charge >= 0.3 is 12.2 Å². The quantitative estimate of drug-likeness (QED) is 0.558. The number of amides is 2. The second-order valence-electron chi connectivity index (χ2n) is 8.96. The summed E-state index contributed by atoms with van der Waals surface area (Å²) in [5, 5.41) is 15.0. The predicted molar refractivity (Wildman–Crippen MR) is 119 cm³/mol. The van der Waals surface area contributed by atoms with Crippen molar-refractivity contribution in [3.05, 3.63) is 36.4 Å². The monoisotopic (exact) mass is 474 g/mol. The first-order valence-corrected chi connectivity index (χ1v) is 11.3. The van der Waals surface area contributed by atoms with Crippen LogP contribution in [0.25, 0.3) is 22.2 Å². The maximum atomic E-state index is 13.1. The van der Waals surface area contributed by atoms with Crippen molar-refractivity contribution in [2.24, 2.45) is 0 Å². The number of aromatic nitrogens is 3. The standard InChI is InChI=1S/C23H25F3N6O2/c1-13-28-12-20(34-13)14-2-5-19-15(8-14)9-21(31-30-19)29-22(33)32-17-3-4-18(32)11-16(10-17)27-7-6-23(24,25)26/h2,5,8-9,12,16-18,27H,3-4,6-7,10-11H2,1H3,(H,29,31,33)/t16-,17-,18+. The highest BCUT2D eigenvalue weighted by molar-refractivity contribution is 5.92. The zero-order chi connectivity index (χ0) is 23.9. The van der Waals surface area contributed by atoms with Gasteiger partial charge in [0.25, 0.3) is 0 Å². The molecule has 11 heteroatoms. The van der Waals surface area contributed by atoms with E-state index in [0.717, 1.165) is 23.8 Å². The van der Waals surface area contributed by atoms with Crippen molar-refractivity contribution in [2.75, 3.05) is 11.9 Å². The molecule has 0 aliphatic carbocycles. The summed E-state index contributed by atoms with van der Waals surface area (Å²) >= 11 is 0. The third-order valence-corrected chi connectivity index (χ3v) is 6.54. The highest BCUT2D eigenvalue weighted by atomic mass is 19.4. The Morgan fingerprint density at radius 1 is 1.18 bits per heavy atom. The van der Waals surface area contributed by atoms with E-state index in [0.29, 0.717) is 35.8 Å². The Morgan fingerprint density at radius 3 is 2.62 bits per heavy atom. The number of hydrogen-bond donors (Lipinski definition) is 2. The lowest BCUT2D eigenvalue weighted by Gasteiger charge is -2.39. The van der Waals surface area contributed by atoms with E-state index in [9.17, 15) is 18.0 Å². The first-order chi connectivity index (χ1) is 16.2. The van der Waals surface area contributed by atoms with E-state index < -0.39 is 12.6 Å². The van der Waals surface area contributed by atoms with E-state index in [-0.39, 0.29) is 30.7 Å². The van der Waals surface area contributed by atoms with Gasteiger partial charge in [0.15, 0.2) is 17.5 Å². The van der Waals surface area contributed by atoms with Crippen LogP contribution in [0, 0.1) is 6.92 Å². The van der Waals surface area contributed by atoms with E-state index in [2.05, 4.69) is 25.8 Å². The third kappa shape index (κ3) is 4.84. The number of anilines is 1. The number of urea groups is 1. The highest BCUT2D eigenvalue weighted by Crippen LogP contribution is 2.36. The maximum Gasteiger partial charge on any atom is 0.390 e. The molecule has 3 aromatic rings. The molecule has 2 amide bonds. The zero-order valence-corrected chi connectivity index (χ0v) is 18.6. The van der Waals surface area contributed by atoms with Crippen molar-refractivity contribution < 1.29 is 22.4 Å². The summed E-state index contributed by atoms with van der Waals surface area (Å²) in [7, 11) is 0. The van der Waals surface area contributed by atoms with Crippen LogP contribution in [0.15, 0.2) is 34.9 Å². The lowest BCUT2D eigenvalue weighted by Crippen LogP contribution is -2.53. The molecule has 5 rings (SSSR count). The van der Waals surface area contributed by atoms with Crippen molar-refractivity contribution in [3.8, 4) is 11.3 Å². The van der Waals surface area contributed by atoms with E-state index in [1.807, 2.05) is 23.1 Å². The number of halogens is 3. The summed E-state index contributed by atoms with van der Waals surface area (Å²) in [4.78, 5) is 19.0. The number of rotatable bonds is 5. The van der Waals surface area contributed by atoms with Gasteiger partial charge in [-0.25, -0.2) is 9.78 Å². The molecule has 0 saturated carbocycles. The molecule has 2 N–H and O–H groups in total. The number of carbonyl (C=O) groups excluding carboxylic acids is 1. The van der Waals surface area contributed by atoms with Gasteiger partial charge in [-0.15, -0.1) is 10.2 Å². The molecule has 180 valence electrons. The molecular weight excluding hydrogens is 449 g/mol. The molecule has 0 unspecified atom stereocenters. The van der Waals surface area contributed by atoms with Gasteiger partial charge in [-0.3, -0.25) is 5.32 Å². The lowest BCUT2D eigenvalue weighted by atomic mass is 9.97. The van der Waals surface area contributed by atoms with Gasteiger partial charge in [0.05, 0.1) is 18.1 Å². The lowest BCUT2D eigenvalue weighted by molar-refractivity contribution is -0.133. The molecule has 8 nitrogen and oxygen atoms in total. The molecule has 3 atom stereocenters. The smallest absolute Gasteiger partial charge is 0.390 e. The van der Waals surface area contributed by atoms with Crippen molar-refractivity contribution in [1.82, 2.24) is 25.4 Å². The summed E-state index contributed by atoms with van der Waals surface area (Å²) in [5.74, 6) is 1.56. The van der Waals surface area contributed by atoms with Gasteiger partial charge in [0.1, 0.15) is 0 Å². The largest absolute Gasteiger partial charge is 0.441 e. The van der Waals surface area contributed by atoms with E-state index in [1.165, 1.54) is 0 Å². The second kappa shape index (κ2) is 8.86. The maximum absolute atomic E-state index is 13.1. The summed E-state index contributed by atoms with van der Waals surface area (Å²) in [6.07, 6.45) is -0.372. The van der Waals surface area contributed by atoms with Crippen LogP contribution in [-0.4, -0.2) is 57.0 Å². The van der Waals surface area contributed by atoms with Gasteiger partial charge in [-0.05, 0) is 49.9 Å². The van der Waals surface area contributed by atoms with Gasteiger partial charge in [0, 0.05) is 42.5 Å².